The minimum atomic E-state index is -0.897. The molecule has 0 radical (unpaired) electrons. The van der Waals surface area contributed by atoms with E-state index in [9.17, 15) is 9.59 Å². The Morgan fingerprint density at radius 2 is 1.94 bits per heavy atom. The van der Waals surface area contributed by atoms with Crippen LogP contribution in [0.3, 0.4) is 0 Å². The quantitative estimate of drug-likeness (QED) is 0.511. The fourth-order valence-corrected chi connectivity index (χ4v) is 6.59. The van der Waals surface area contributed by atoms with Crippen molar-refractivity contribution in [1.82, 2.24) is 19.7 Å². The summed E-state index contributed by atoms with van der Waals surface area (Å²) in [7, 11) is 0. The highest BCUT2D eigenvalue weighted by atomic mass is 32.1. The number of likely N-dealkylation sites (N-methyl/N-ethyl adjacent to an activating group) is 1. The third-order valence-corrected chi connectivity index (χ3v) is 9.08. The lowest BCUT2D eigenvalue weighted by molar-refractivity contribution is -0.133. The topological polar surface area (TPSA) is 57.6 Å². The van der Waals surface area contributed by atoms with Crippen LogP contribution in [0.1, 0.15) is 88.0 Å². The van der Waals surface area contributed by atoms with Gasteiger partial charge in [0.1, 0.15) is 11.2 Å². The number of hydrogen-bond acceptors (Lipinski definition) is 4. The zero-order valence-corrected chi connectivity index (χ0v) is 22.3. The molecule has 1 N–H and O–H groups in total. The monoisotopic (exact) mass is 486 g/mol. The standard InChI is InChI=1S/C27H42N4O2S/c1-5-8-14-29(7-3)15-16-31-25(32)23-18-24-22(17-21(6-2)34-24)30(23)19-27(31,4)26(33)28-20-12-10-9-11-13-20/h17-18,20H,5-16,19H2,1-4H3,(H,28,33)/t27-/m0/s1. The van der Waals surface area contributed by atoms with Crippen LogP contribution in [0.15, 0.2) is 12.1 Å². The average Bonchev–Trinajstić information content (AvgIpc) is 3.40. The SMILES string of the molecule is CCCCN(CC)CCN1C(=O)c2cc3sc(CC)cc3n2C[C@@]1(C)C(=O)NC1CCCCC1. The van der Waals surface area contributed by atoms with Crippen LogP contribution in [-0.4, -0.2) is 63.9 Å². The van der Waals surface area contributed by atoms with Gasteiger partial charge in [-0.2, -0.15) is 0 Å². The number of rotatable bonds is 10. The number of carbonyl (C=O) groups excluding carboxylic acids is 2. The van der Waals surface area contributed by atoms with Gasteiger partial charge in [0.25, 0.3) is 5.91 Å². The largest absolute Gasteiger partial charge is 0.351 e. The average molecular weight is 487 g/mol. The second-order valence-electron chi connectivity index (χ2n) is 10.3. The highest BCUT2D eigenvalue weighted by Crippen LogP contribution is 2.36. The van der Waals surface area contributed by atoms with E-state index in [1.165, 1.54) is 24.1 Å². The van der Waals surface area contributed by atoms with E-state index in [0.29, 0.717) is 13.1 Å². The molecule has 1 aliphatic heterocycles. The van der Waals surface area contributed by atoms with Crippen LogP contribution in [0.2, 0.25) is 0 Å². The van der Waals surface area contributed by atoms with Crippen molar-refractivity contribution in [2.45, 2.75) is 97.2 Å². The predicted octanol–water partition coefficient (Wildman–Crippen LogP) is 5.05. The van der Waals surface area contributed by atoms with E-state index in [-0.39, 0.29) is 17.9 Å². The third kappa shape index (κ3) is 4.92. The molecule has 2 aromatic heterocycles. The molecule has 0 saturated heterocycles. The van der Waals surface area contributed by atoms with Crippen molar-refractivity contribution >= 4 is 33.4 Å². The van der Waals surface area contributed by atoms with Crippen molar-refractivity contribution in [2.75, 3.05) is 26.2 Å². The Morgan fingerprint density at radius 1 is 1.18 bits per heavy atom. The van der Waals surface area contributed by atoms with Gasteiger partial charge in [-0.05, 0) is 57.8 Å². The van der Waals surface area contributed by atoms with Gasteiger partial charge in [-0.1, -0.05) is 46.5 Å². The molecule has 1 fully saturated rings. The van der Waals surface area contributed by atoms with Crippen molar-refractivity contribution in [3.8, 4) is 0 Å². The maximum absolute atomic E-state index is 13.9. The minimum Gasteiger partial charge on any atom is -0.351 e. The van der Waals surface area contributed by atoms with Gasteiger partial charge in [0, 0.05) is 24.0 Å². The van der Waals surface area contributed by atoms with E-state index in [1.807, 2.05) is 17.9 Å². The molecular weight excluding hydrogens is 444 g/mol. The molecule has 2 aromatic rings. The molecule has 2 amide bonds. The van der Waals surface area contributed by atoms with E-state index in [2.05, 4.69) is 41.6 Å². The lowest BCUT2D eigenvalue weighted by Crippen LogP contribution is -2.65. The van der Waals surface area contributed by atoms with Crippen LogP contribution >= 0.6 is 11.3 Å². The summed E-state index contributed by atoms with van der Waals surface area (Å²) in [5.41, 5.74) is 0.925. The van der Waals surface area contributed by atoms with E-state index in [0.717, 1.165) is 67.6 Å². The first-order chi connectivity index (χ1) is 16.4. The zero-order chi connectivity index (χ0) is 24.3. The highest BCUT2D eigenvalue weighted by molar-refractivity contribution is 7.19. The van der Waals surface area contributed by atoms with Crippen molar-refractivity contribution in [3.05, 3.63) is 22.7 Å². The molecule has 188 valence electrons. The number of unbranched alkanes of at least 4 members (excludes halogenated alkanes) is 1. The van der Waals surface area contributed by atoms with Gasteiger partial charge in [-0.15, -0.1) is 11.3 Å². The number of hydrogen-bond donors (Lipinski definition) is 1. The van der Waals surface area contributed by atoms with Gasteiger partial charge in [0.05, 0.1) is 16.8 Å². The van der Waals surface area contributed by atoms with Crippen LogP contribution < -0.4 is 5.32 Å². The van der Waals surface area contributed by atoms with Crippen LogP contribution in [0.25, 0.3) is 10.2 Å². The second-order valence-corrected chi connectivity index (χ2v) is 11.4. The van der Waals surface area contributed by atoms with E-state index < -0.39 is 5.54 Å². The molecule has 34 heavy (non-hydrogen) atoms. The first kappa shape index (κ1) is 25.2. The summed E-state index contributed by atoms with van der Waals surface area (Å²) in [6.07, 6.45) is 8.97. The number of nitrogens with zero attached hydrogens (tertiary/aromatic N) is 3. The van der Waals surface area contributed by atoms with Crippen LogP contribution in [0, 0.1) is 0 Å². The Kier molecular flexibility index (Phi) is 8.03. The first-order valence-electron chi connectivity index (χ1n) is 13.4. The van der Waals surface area contributed by atoms with Crippen molar-refractivity contribution in [2.24, 2.45) is 0 Å². The number of aryl methyl sites for hydroxylation is 1. The normalized spacial score (nSPS) is 21.4. The number of aromatic nitrogens is 1. The Balaban J connectivity index is 1.64. The number of nitrogens with one attached hydrogen (secondary N) is 1. The predicted molar refractivity (Wildman–Crippen MR) is 141 cm³/mol. The molecule has 0 spiro atoms. The zero-order valence-electron chi connectivity index (χ0n) is 21.5. The summed E-state index contributed by atoms with van der Waals surface area (Å²) in [5, 5.41) is 3.35. The number of amides is 2. The molecule has 2 aliphatic rings. The fourth-order valence-electron chi connectivity index (χ4n) is 5.55. The summed E-state index contributed by atoms with van der Waals surface area (Å²) in [6, 6.07) is 4.47. The van der Waals surface area contributed by atoms with Crippen LogP contribution in [0.5, 0.6) is 0 Å². The second kappa shape index (κ2) is 10.8. The number of fused-ring (bicyclic) bond motifs is 3. The smallest absolute Gasteiger partial charge is 0.271 e. The molecule has 0 unspecified atom stereocenters. The van der Waals surface area contributed by atoms with Crippen LogP contribution in [0.4, 0.5) is 0 Å². The summed E-state index contributed by atoms with van der Waals surface area (Å²) in [5.74, 6) is -0.0108. The van der Waals surface area contributed by atoms with Crippen LogP contribution in [-0.2, 0) is 17.8 Å². The van der Waals surface area contributed by atoms with E-state index in [1.54, 1.807) is 11.3 Å². The fraction of sp³-hybridized carbons (Fsp3) is 0.704. The Hall–Kier alpha value is -1.86. The Morgan fingerprint density at radius 3 is 2.62 bits per heavy atom. The van der Waals surface area contributed by atoms with E-state index >= 15 is 0 Å². The van der Waals surface area contributed by atoms with Gasteiger partial charge in [-0.25, -0.2) is 0 Å². The van der Waals surface area contributed by atoms with Gasteiger partial charge >= 0.3 is 0 Å². The summed E-state index contributed by atoms with van der Waals surface area (Å²) < 4.78 is 3.26. The molecule has 1 atom stereocenters. The van der Waals surface area contributed by atoms with Crippen molar-refractivity contribution in [1.29, 1.82) is 0 Å². The molecule has 6 nitrogen and oxygen atoms in total. The number of carbonyl (C=O) groups is 2. The van der Waals surface area contributed by atoms with Crippen molar-refractivity contribution < 1.29 is 9.59 Å². The summed E-state index contributed by atoms with van der Waals surface area (Å²) in [4.78, 5) is 33.3. The molecule has 7 heteroatoms. The third-order valence-electron chi connectivity index (χ3n) is 7.86. The molecule has 1 aliphatic carbocycles. The Bertz CT molecular complexity index is 1010. The highest BCUT2D eigenvalue weighted by Gasteiger charge is 2.48. The molecule has 1 saturated carbocycles. The number of thiophene rings is 1. The van der Waals surface area contributed by atoms with Gasteiger partial charge in [0.2, 0.25) is 5.91 Å². The Labute approximate surface area is 208 Å². The maximum atomic E-state index is 13.9. The molecule has 4 rings (SSSR count). The lowest BCUT2D eigenvalue weighted by Gasteiger charge is -2.45. The van der Waals surface area contributed by atoms with E-state index in [4.69, 9.17) is 0 Å². The van der Waals surface area contributed by atoms with Gasteiger partial charge in [-0.3, -0.25) is 9.59 Å². The van der Waals surface area contributed by atoms with Gasteiger partial charge < -0.3 is 19.7 Å². The van der Waals surface area contributed by atoms with Gasteiger partial charge in [0.15, 0.2) is 0 Å². The minimum absolute atomic E-state index is 0.00259. The maximum Gasteiger partial charge on any atom is 0.271 e. The van der Waals surface area contributed by atoms with Crippen molar-refractivity contribution in [3.63, 3.8) is 0 Å². The lowest BCUT2D eigenvalue weighted by atomic mass is 9.91. The molecule has 3 heterocycles. The molecular formula is C27H42N4O2S. The summed E-state index contributed by atoms with van der Waals surface area (Å²) in [6.45, 7) is 12.4. The summed E-state index contributed by atoms with van der Waals surface area (Å²) >= 11 is 1.76. The molecule has 0 aromatic carbocycles. The molecule has 0 bridgehead atoms. The first-order valence-corrected chi connectivity index (χ1v) is 14.2.